The second-order valence-electron chi connectivity index (χ2n) is 17.2. The van der Waals surface area contributed by atoms with Crippen LogP contribution in [0.25, 0.3) is 88.0 Å². The molecule has 1 aliphatic rings. The topological polar surface area (TPSA) is 9.86 Å². The SMILES string of the molecule is CC1(C)CCC(C)(C)c2cc(-c3cccc(-n4c5ccccc5c5cc(-c6ccc(-n7c8ccccc8c8c9ccccc9ccc87)cc6)ccc54)c3)ccc21. The number of hydrogen-bond donors (Lipinski definition) is 0. The Balaban J connectivity index is 0.997. The molecule has 0 fully saturated rings. The fourth-order valence-corrected chi connectivity index (χ4v) is 9.84. The molecule has 1 aliphatic carbocycles. The third kappa shape index (κ3) is 4.95. The second kappa shape index (κ2) is 12.1. The first-order valence-electron chi connectivity index (χ1n) is 20.1. The van der Waals surface area contributed by atoms with Gasteiger partial charge < -0.3 is 9.13 Å². The molecule has 11 rings (SSSR count). The van der Waals surface area contributed by atoms with E-state index in [1.165, 1.54) is 112 Å². The summed E-state index contributed by atoms with van der Waals surface area (Å²) in [5, 5.41) is 7.69. The zero-order valence-electron chi connectivity index (χ0n) is 32.5. The molecular weight excluding hydrogens is 677 g/mol. The Hall–Kier alpha value is -6.38. The van der Waals surface area contributed by atoms with E-state index < -0.39 is 0 Å². The lowest BCUT2D eigenvalue weighted by Gasteiger charge is -2.42. The van der Waals surface area contributed by atoms with Crippen LogP contribution in [0, 0.1) is 0 Å². The Morgan fingerprint density at radius 3 is 1.73 bits per heavy atom. The molecule has 0 saturated carbocycles. The van der Waals surface area contributed by atoms with Crippen LogP contribution in [-0.2, 0) is 10.8 Å². The van der Waals surface area contributed by atoms with Crippen molar-refractivity contribution in [2.45, 2.75) is 51.4 Å². The molecule has 0 radical (unpaired) electrons. The number of hydrogen-bond acceptors (Lipinski definition) is 0. The normalized spacial score (nSPS) is 14.9. The maximum Gasteiger partial charge on any atom is 0.0547 e. The minimum absolute atomic E-state index is 0.170. The summed E-state index contributed by atoms with van der Waals surface area (Å²) in [6.45, 7) is 9.63. The monoisotopic (exact) mass is 720 g/mol. The van der Waals surface area contributed by atoms with Crippen molar-refractivity contribution in [1.29, 1.82) is 0 Å². The molecule has 10 aromatic rings. The van der Waals surface area contributed by atoms with Gasteiger partial charge in [-0.3, -0.25) is 0 Å². The van der Waals surface area contributed by atoms with Gasteiger partial charge >= 0.3 is 0 Å². The first kappa shape index (κ1) is 33.0. The summed E-state index contributed by atoms with van der Waals surface area (Å²) in [5.74, 6) is 0. The van der Waals surface area contributed by atoms with E-state index in [1.54, 1.807) is 0 Å². The van der Waals surface area contributed by atoms with Crippen molar-refractivity contribution in [3.63, 3.8) is 0 Å². The molecule has 0 aliphatic heterocycles. The fourth-order valence-electron chi connectivity index (χ4n) is 9.84. The lowest BCUT2D eigenvalue weighted by atomic mass is 9.63. The minimum Gasteiger partial charge on any atom is -0.309 e. The van der Waals surface area contributed by atoms with Gasteiger partial charge in [0.2, 0.25) is 0 Å². The predicted octanol–water partition coefficient (Wildman–Crippen LogP) is 14.7. The highest BCUT2D eigenvalue weighted by Crippen LogP contribution is 2.47. The van der Waals surface area contributed by atoms with E-state index >= 15 is 0 Å². The van der Waals surface area contributed by atoms with Crippen LogP contribution in [0.4, 0.5) is 0 Å². The van der Waals surface area contributed by atoms with Crippen LogP contribution in [0.15, 0.2) is 170 Å². The summed E-state index contributed by atoms with van der Waals surface area (Å²) in [6.07, 6.45) is 2.44. The summed E-state index contributed by atoms with van der Waals surface area (Å²) < 4.78 is 4.86. The highest BCUT2D eigenvalue weighted by atomic mass is 15.0. The average molecular weight is 721 g/mol. The van der Waals surface area contributed by atoms with Crippen LogP contribution >= 0.6 is 0 Å². The van der Waals surface area contributed by atoms with Crippen LogP contribution in [0.1, 0.15) is 51.7 Å². The molecule has 0 amide bonds. The van der Waals surface area contributed by atoms with Gasteiger partial charge in [0.15, 0.2) is 0 Å². The van der Waals surface area contributed by atoms with Gasteiger partial charge in [-0.2, -0.15) is 0 Å². The van der Waals surface area contributed by atoms with Crippen molar-refractivity contribution in [3.05, 3.63) is 181 Å². The number of para-hydroxylation sites is 2. The lowest BCUT2D eigenvalue weighted by Crippen LogP contribution is -2.33. The van der Waals surface area contributed by atoms with E-state index in [9.17, 15) is 0 Å². The largest absolute Gasteiger partial charge is 0.309 e. The minimum atomic E-state index is 0.170. The van der Waals surface area contributed by atoms with E-state index in [2.05, 4.69) is 207 Å². The van der Waals surface area contributed by atoms with Gasteiger partial charge in [0.1, 0.15) is 0 Å². The molecule has 2 nitrogen and oxygen atoms in total. The van der Waals surface area contributed by atoms with Crippen molar-refractivity contribution >= 4 is 54.4 Å². The van der Waals surface area contributed by atoms with Gasteiger partial charge in [-0.25, -0.2) is 0 Å². The molecule has 8 aromatic carbocycles. The molecule has 2 aromatic heterocycles. The van der Waals surface area contributed by atoms with Crippen LogP contribution in [0.5, 0.6) is 0 Å². The first-order chi connectivity index (χ1) is 27.2. The van der Waals surface area contributed by atoms with Crippen molar-refractivity contribution in [2.24, 2.45) is 0 Å². The predicted molar refractivity (Wildman–Crippen MR) is 239 cm³/mol. The molecule has 270 valence electrons. The van der Waals surface area contributed by atoms with E-state index in [0.29, 0.717) is 0 Å². The zero-order chi connectivity index (χ0) is 37.8. The number of rotatable bonds is 4. The van der Waals surface area contributed by atoms with Crippen LogP contribution in [-0.4, -0.2) is 9.13 Å². The van der Waals surface area contributed by atoms with Gasteiger partial charge in [0.25, 0.3) is 0 Å². The first-order valence-corrected chi connectivity index (χ1v) is 20.1. The van der Waals surface area contributed by atoms with E-state index in [4.69, 9.17) is 0 Å². The molecule has 0 unspecified atom stereocenters. The highest BCUT2D eigenvalue weighted by Gasteiger charge is 2.37. The van der Waals surface area contributed by atoms with Crippen molar-refractivity contribution in [2.75, 3.05) is 0 Å². The summed E-state index contributed by atoms with van der Waals surface area (Å²) in [5.41, 5.74) is 15.6. The summed E-state index contributed by atoms with van der Waals surface area (Å²) in [7, 11) is 0. The molecule has 2 heteroatoms. The van der Waals surface area contributed by atoms with Gasteiger partial charge in [-0.1, -0.05) is 143 Å². The van der Waals surface area contributed by atoms with Crippen molar-refractivity contribution in [1.82, 2.24) is 9.13 Å². The smallest absolute Gasteiger partial charge is 0.0547 e. The number of benzene rings is 8. The van der Waals surface area contributed by atoms with Crippen LogP contribution in [0.2, 0.25) is 0 Å². The van der Waals surface area contributed by atoms with Crippen LogP contribution in [0.3, 0.4) is 0 Å². The number of fused-ring (bicyclic) bond motifs is 9. The van der Waals surface area contributed by atoms with Gasteiger partial charge in [-0.15, -0.1) is 0 Å². The molecular formula is C54H44N2. The molecule has 0 spiro atoms. The van der Waals surface area contributed by atoms with E-state index in [1.807, 2.05) is 0 Å². The molecule has 0 atom stereocenters. The van der Waals surface area contributed by atoms with Gasteiger partial charge in [0, 0.05) is 32.9 Å². The zero-order valence-corrected chi connectivity index (χ0v) is 32.5. The number of nitrogens with zero attached hydrogens (tertiary/aromatic N) is 2. The van der Waals surface area contributed by atoms with Gasteiger partial charge in [-0.05, 0) is 122 Å². The van der Waals surface area contributed by atoms with Gasteiger partial charge in [0.05, 0.1) is 22.1 Å². The second-order valence-corrected chi connectivity index (χ2v) is 17.2. The highest BCUT2D eigenvalue weighted by molar-refractivity contribution is 6.21. The maximum absolute atomic E-state index is 2.47. The Morgan fingerprint density at radius 2 is 0.929 bits per heavy atom. The molecule has 0 N–H and O–H groups in total. The third-order valence-corrected chi connectivity index (χ3v) is 13.0. The lowest BCUT2D eigenvalue weighted by molar-refractivity contribution is 0.332. The van der Waals surface area contributed by atoms with Crippen LogP contribution < -0.4 is 0 Å². The Labute approximate surface area is 328 Å². The van der Waals surface area contributed by atoms with Crippen molar-refractivity contribution < 1.29 is 0 Å². The molecule has 56 heavy (non-hydrogen) atoms. The van der Waals surface area contributed by atoms with Crippen molar-refractivity contribution in [3.8, 4) is 33.6 Å². The summed E-state index contributed by atoms with van der Waals surface area (Å²) in [6, 6.07) is 63.3. The maximum atomic E-state index is 2.47. The molecule has 2 heterocycles. The summed E-state index contributed by atoms with van der Waals surface area (Å²) >= 11 is 0. The Morgan fingerprint density at radius 1 is 0.357 bits per heavy atom. The van der Waals surface area contributed by atoms with E-state index in [-0.39, 0.29) is 10.8 Å². The standard InChI is InChI=1S/C54H44N2/c1-53(2)30-31-54(3,4)47-34-39(22-27-46(47)53)37-13-11-14-41(32-37)56-48-18-9-7-16-43(48)45-33-38(24-28-50(45)56)35-20-25-40(26-21-35)55-49-19-10-8-17-44(49)52-42-15-6-5-12-36(42)23-29-51(52)55/h5-29,32-34H,30-31H2,1-4H3. The number of aromatic nitrogens is 2. The summed E-state index contributed by atoms with van der Waals surface area (Å²) in [4.78, 5) is 0. The Bertz CT molecular complexity index is 3180. The Kier molecular flexibility index (Phi) is 7.11. The molecule has 0 saturated heterocycles. The fraction of sp³-hybridized carbons (Fsp3) is 0.148. The third-order valence-electron chi connectivity index (χ3n) is 13.0. The average Bonchev–Trinajstić information content (AvgIpc) is 3.75. The van der Waals surface area contributed by atoms with E-state index in [0.717, 1.165) is 0 Å². The molecule has 0 bridgehead atoms. The quantitative estimate of drug-likeness (QED) is 0.171.